The number of carbonyl (C=O) groups is 1. The molecule has 0 spiro atoms. The van der Waals surface area contributed by atoms with Gasteiger partial charge in [-0.05, 0) is 24.1 Å². The van der Waals surface area contributed by atoms with E-state index in [1.807, 2.05) is 24.3 Å². The lowest BCUT2D eigenvalue weighted by molar-refractivity contribution is 0.0425. The van der Waals surface area contributed by atoms with Gasteiger partial charge in [-0.1, -0.05) is 36.3 Å². The number of hydrogen-bond donors (Lipinski definition) is 0. The summed E-state index contributed by atoms with van der Waals surface area (Å²) in [5.74, 6) is 0.972. The minimum atomic E-state index is -0.616. The summed E-state index contributed by atoms with van der Waals surface area (Å²) in [5, 5.41) is 3.94. The van der Waals surface area contributed by atoms with E-state index in [0.717, 1.165) is 12.0 Å². The van der Waals surface area contributed by atoms with Crippen molar-refractivity contribution in [3.05, 3.63) is 53.4 Å². The predicted octanol–water partition coefficient (Wildman–Crippen LogP) is 3.68. The molecule has 3 rings (SSSR count). The first-order chi connectivity index (χ1) is 14.1. The van der Waals surface area contributed by atoms with E-state index in [9.17, 15) is 4.79 Å². The summed E-state index contributed by atoms with van der Waals surface area (Å²) < 4.78 is 26.3. The van der Waals surface area contributed by atoms with Crippen molar-refractivity contribution in [2.24, 2.45) is 0 Å². The number of aromatic nitrogens is 2. The minimum Gasteiger partial charge on any atom is -0.493 e. The monoisotopic (exact) mass is 398 g/mol. The number of carbonyl (C=O) groups excluding carboxylic acids is 1. The Labute approximate surface area is 168 Å². The van der Waals surface area contributed by atoms with Gasteiger partial charge in [-0.25, -0.2) is 4.79 Å². The molecular weight excluding hydrogens is 376 g/mol. The highest BCUT2D eigenvalue weighted by atomic mass is 16.6. The summed E-state index contributed by atoms with van der Waals surface area (Å²) in [5.41, 5.74) is 2.24. The minimum absolute atomic E-state index is 0.170. The molecule has 29 heavy (non-hydrogen) atoms. The van der Waals surface area contributed by atoms with Gasteiger partial charge in [0, 0.05) is 5.56 Å². The average Bonchev–Trinajstić information content (AvgIpc) is 3.25. The van der Waals surface area contributed by atoms with Crippen molar-refractivity contribution in [1.82, 2.24) is 10.1 Å². The van der Waals surface area contributed by atoms with E-state index in [-0.39, 0.29) is 23.8 Å². The van der Waals surface area contributed by atoms with E-state index in [4.69, 9.17) is 23.5 Å². The number of methoxy groups -OCH3 is 3. The molecule has 152 valence electrons. The zero-order chi connectivity index (χ0) is 20.8. The Balaban J connectivity index is 1.72. The number of aryl methyl sites for hydroxylation is 1. The normalized spacial score (nSPS) is 10.5. The standard InChI is InChI=1S/C21H22N2O6/c1-5-13-6-8-14(9-7-13)20-22-17(29-23-20)12-28-21(24)15-10-11-16(25-2)19(27-4)18(15)26-3/h6-11H,5,12H2,1-4H3. The molecule has 0 saturated heterocycles. The topological polar surface area (TPSA) is 92.9 Å². The van der Waals surface area contributed by atoms with Gasteiger partial charge < -0.3 is 23.5 Å². The van der Waals surface area contributed by atoms with Gasteiger partial charge in [0.1, 0.15) is 5.56 Å². The molecular formula is C21H22N2O6. The first kappa shape index (κ1) is 20.2. The molecule has 1 heterocycles. The average molecular weight is 398 g/mol. The maximum Gasteiger partial charge on any atom is 0.342 e. The molecule has 0 aliphatic heterocycles. The maximum atomic E-state index is 12.5. The van der Waals surface area contributed by atoms with Crippen molar-refractivity contribution in [3.63, 3.8) is 0 Å². The van der Waals surface area contributed by atoms with E-state index in [2.05, 4.69) is 17.1 Å². The number of esters is 1. The second-order valence-corrected chi connectivity index (χ2v) is 6.02. The summed E-state index contributed by atoms with van der Waals surface area (Å²) in [6.07, 6.45) is 0.952. The largest absolute Gasteiger partial charge is 0.493 e. The fourth-order valence-electron chi connectivity index (χ4n) is 2.79. The Morgan fingerprint density at radius 2 is 1.69 bits per heavy atom. The lowest BCUT2D eigenvalue weighted by Gasteiger charge is -2.14. The summed E-state index contributed by atoms with van der Waals surface area (Å²) in [6, 6.07) is 11.0. The van der Waals surface area contributed by atoms with Gasteiger partial charge in [-0.3, -0.25) is 0 Å². The van der Waals surface area contributed by atoms with E-state index < -0.39 is 5.97 Å². The predicted molar refractivity (Wildman–Crippen MR) is 104 cm³/mol. The Hall–Kier alpha value is -3.55. The summed E-state index contributed by atoms with van der Waals surface area (Å²) >= 11 is 0. The van der Waals surface area contributed by atoms with Crippen molar-refractivity contribution < 1.29 is 28.3 Å². The summed E-state index contributed by atoms with van der Waals surface area (Å²) in [6.45, 7) is 1.92. The molecule has 1 aromatic heterocycles. The van der Waals surface area contributed by atoms with Crippen molar-refractivity contribution >= 4 is 5.97 Å². The second kappa shape index (κ2) is 9.09. The van der Waals surface area contributed by atoms with Crippen molar-refractivity contribution in [3.8, 4) is 28.6 Å². The van der Waals surface area contributed by atoms with Gasteiger partial charge in [0.05, 0.1) is 21.3 Å². The first-order valence-corrected chi connectivity index (χ1v) is 8.99. The third-order valence-electron chi connectivity index (χ3n) is 4.34. The smallest absolute Gasteiger partial charge is 0.342 e. The molecule has 8 heteroatoms. The van der Waals surface area contributed by atoms with Crippen molar-refractivity contribution in [2.45, 2.75) is 20.0 Å². The molecule has 0 saturated carbocycles. The summed E-state index contributed by atoms with van der Waals surface area (Å²) in [7, 11) is 4.39. The molecule has 0 aliphatic rings. The lowest BCUT2D eigenvalue weighted by atomic mass is 10.1. The van der Waals surface area contributed by atoms with E-state index in [0.29, 0.717) is 17.3 Å². The maximum absolute atomic E-state index is 12.5. The highest BCUT2D eigenvalue weighted by Gasteiger charge is 2.22. The van der Waals surface area contributed by atoms with Gasteiger partial charge in [-0.15, -0.1) is 0 Å². The number of rotatable bonds is 8. The molecule has 2 aromatic carbocycles. The lowest BCUT2D eigenvalue weighted by Crippen LogP contribution is -2.09. The van der Waals surface area contributed by atoms with Crippen LogP contribution in [0, 0.1) is 0 Å². The van der Waals surface area contributed by atoms with Crippen LogP contribution in [0.15, 0.2) is 40.9 Å². The number of nitrogens with zero attached hydrogens (tertiary/aromatic N) is 2. The van der Waals surface area contributed by atoms with Gasteiger partial charge in [0.25, 0.3) is 5.89 Å². The molecule has 3 aromatic rings. The zero-order valence-electron chi connectivity index (χ0n) is 16.7. The van der Waals surface area contributed by atoms with Gasteiger partial charge >= 0.3 is 5.97 Å². The van der Waals surface area contributed by atoms with Crippen molar-refractivity contribution in [1.29, 1.82) is 0 Å². The van der Waals surface area contributed by atoms with Crippen LogP contribution in [-0.2, 0) is 17.8 Å². The van der Waals surface area contributed by atoms with Crippen molar-refractivity contribution in [2.75, 3.05) is 21.3 Å². The quantitative estimate of drug-likeness (QED) is 0.531. The molecule has 0 aliphatic carbocycles. The van der Waals surface area contributed by atoms with Crippen LogP contribution in [0.3, 0.4) is 0 Å². The molecule has 0 radical (unpaired) electrons. The number of ether oxygens (including phenoxy) is 4. The molecule has 0 fully saturated rings. The van der Waals surface area contributed by atoms with Gasteiger partial charge in [0.2, 0.25) is 11.6 Å². The molecule has 0 amide bonds. The third-order valence-corrected chi connectivity index (χ3v) is 4.34. The Morgan fingerprint density at radius 3 is 2.31 bits per heavy atom. The fraction of sp³-hybridized carbons (Fsp3) is 0.286. The van der Waals surface area contributed by atoms with Crippen LogP contribution in [0.25, 0.3) is 11.4 Å². The van der Waals surface area contributed by atoms with Crippen LogP contribution in [-0.4, -0.2) is 37.4 Å². The van der Waals surface area contributed by atoms with Crippen LogP contribution >= 0.6 is 0 Å². The highest BCUT2D eigenvalue weighted by molar-refractivity contribution is 5.94. The molecule has 0 atom stereocenters. The first-order valence-electron chi connectivity index (χ1n) is 8.99. The Bertz CT molecular complexity index is 981. The second-order valence-electron chi connectivity index (χ2n) is 6.02. The summed E-state index contributed by atoms with van der Waals surface area (Å²) in [4.78, 5) is 16.8. The number of hydrogen-bond acceptors (Lipinski definition) is 8. The number of benzene rings is 2. The van der Waals surface area contributed by atoms with E-state index in [1.165, 1.54) is 33.0 Å². The van der Waals surface area contributed by atoms with Gasteiger partial charge in [-0.2, -0.15) is 4.98 Å². The third kappa shape index (κ3) is 4.31. The zero-order valence-corrected chi connectivity index (χ0v) is 16.7. The van der Waals surface area contributed by atoms with Crippen LogP contribution < -0.4 is 14.2 Å². The van der Waals surface area contributed by atoms with E-state index in [1.54, 1.807) is 6.07 Å². The van der Waals surface area contributed by atoms with E-state index >= 15 is 0 Å². The molecule has 8 nitrogen and oxygen atoms in total. The van der Waals surface area contributed by atoms with Crippen LogP contribution in [0.2, 0.25) is 0 Å². The molecule has 0 unspecified atom stereocenters. The van der Waals surface area contributed by atoms with Crippen LogP contribution in [0.1, 0.15) is 28.7 Å². The Morgan fingerprint density at radius 1 is 0.966 bits per heavy atom. The van der Waals surface area contributed by atoms with Crippen LogP contribution in [0.5, 0.6) is 17.2 Å². The fourth-order valence-corrected chi connectivity index (χ4v) is 2.79. The Kier molecular flexibility index (Phi) is 6.33. The van der Waals surface area contributed by atoms with Gasteiger partial charge in [0.15, 0.2) is 18.1 Å². The SMILES string of the molecule is CCc1ccc(-c2noc(COC(=O)c3ccc(OC)c(OC)c3OC)n2)cc1. The highest BCUT2D eigenvalue weighted by Crippen LogP contribution is 2.40. The molecule has 0 bridgehead atoms. The van der Waals surface area contributed by atoms with Crippen LogP contribution in [0.4, 0.5) is 0 Å². The molecule has 0 N–H and O–H groups in total.